The Morgan fingerprint density at radius 3 is 2.33 bits per heavy atom. The Kier molecular flexibility index (Phi) is 7.82. The lowest BCUT2D eigenvalue weighted by Gasteiger charge is -2.41. The minimum atomic E-state index is -4.41. The van der Waals surface area contributed by atoms with Crippen LogP contribution in [0.2, 0.25) is 0 Å². The predicted molar refractivity (Wildman–Crippen MR) is 122 cm³/mol. The second kappa shape index (κ2) is 10.4. The highest BCUT2D eigenvalue weighted by Crippen LogP contribution is 2.30. The highest BCUT2D eigenvalue weighted by Gasteiger charge is 2.31. The van der Waals surface area contributed by atoms with Gasteiger partial charge in [-0.1, -0.05) is 37.3 Å². The molecule has 1 N–H and O–H groups in total. The van der Waals surface area contributed by atoms with Crippen molar-refractivity contribution in [3.8, 4) is 5.75 Å². The Hall–Kier alpha value is -2.84. The number of aliphatic hydroxyl groups is 1. The fourth-order valence-electron chi connectivity index (χ4n) is 3.50. The molecule has 0 amide bonds. The molecule has 0 spiro atoms. The maximum Gasteiger partial charge on any atom is 0.416 e. The summed E-state index contributed by atoms with van der Waals surface area (Å²) in [6.45, 7) is 4.42. The topological polar surface area (TPSA) is 45.6 Å². The standard InChI is InChI=1S/C25H26BF3N2O2/c1-18-6-3-4-7-19(18)15-31(24(2,26)21-8-5-13-30-14-21)16-22(32)17-33-23-11-9-20(10-12-23)25(27,28)29/h3-14,22,32H,15-17H2,1-2H3. The fourth-order valence-corrected chi connectivity index (χ4v) is 3.50. The van der Waals surface area contributed by atoms with Crippen molar-refractivity contribution in [3.63, 3.8) is 0 Å². The first-order valence-electron chi connectivity index (χ1n) is 10.5. The van der Waals surface area contributed by atoms with E-state index in [9.17, 15) is 18.3 Å². The lowest BCUT2D eigenvalue weighted by Crippen LogP contribution is -2.48. The summed E-state index contributed by atoms with van der Waals surface area (Å²) in [5, 5.41) is 10.7. The van der Waals surface area contributed by atoms with Gasteiger partial charge < -0.3 is 9.84 Å². The van der Waals surface area contributed by atoms with Crippen molar-refractivity contribution in [3.05, 3.63) is 95.3 Å². The first kappa shape index (κ1) is 24.8. The van der Waals surface area contributed by atoms with E-state index in [1.807, 2.05) is 49.1 Å². The van der Waals surface area contributed by atoms with Gasteiger partial charge in [-0.3, -0.25) is 9.88 Å². The zero-order chi connectivity index (χ0) is 24.1. The number of hydrogen-bond acceptors (Lipinski definition) is 4. The van der Waals surface area contributed by atoms with Gasteiger partial charge in [-0.2, -0.15) is 13.2 Å². The Bertz CT molecular complexity index is 1030. The number of aliphatic hydroxyl groups excluding tert-OH is 1. The summed E-state index contributed by atoms with van der Waals surface area (Å²) in [7, 11) is 6.72. The molecule has 172 valence electrons. The molecule has 0 fully saturated rings. The van der Waals surface area contributed by atoms with Crippen LogP contribution in [-0.4, -0.2) is 42.1 Å². The van der Waals surface area contributed by atoms with Gasteiger partial charge >= 0.3 is 6.18 Å². The van der Waals surface area contributed by atoms with Crippen molar-refractivity contribution in [2.24, 2.45) is 0 Å². The van der Waals surface area contributed by atoms with Crippen molar-refractivity contribution in [1.29, 1.82) is 0 Å². The molecule has 2 radical (unpaired) electrons. The molecule has 0 saturated carbocycles. The number of rotatable bonds is 9. The van der Waals surface area contributed by atoms with Gasteiger partial charge in [0.25, 0.3) is 0 Å². The van der Waals surface area contributed by atoms with E-state index in [-0.39, 0.29) is 18.9 Å². The van der Waals surface area contributed by atoms with Crippen LogP contribution in [0.4, 0.5) is 13.2 Å². The van der Waals surface area contributed by atoms with E-state index < -0.39 is 23.3 Å². The molecule has 2 unspecified atom stereocenters. The van der Waals surface area contributed by atoms with Gasteiger partial charge in [-0.25, -0.2) is 0 Å². The number of ether oxygens (including phenoxy) is 1. The molecule has 0 bridgehead atoms. The van der Waals surface area contributed by atoms with Crippen molar-refractivity contribution in [2.75, 3.05) is 13.2 Å². The van der Waals surface area contributed by atoms with Crippen molar-refractivity contribution < 1.29 is 23.0 Å². The summed E-state index contributed by atoms with van der Waals surface area (Å²) in [6, 6.07) is 16.0. The summed E-state index contributed by atoms with van der Waals surface area (Å²) in [6.07, 6.45) is -1.99. The van der Waals surface area contributed by atoms with Gasteiger partial charge in [-0.05, 0) is 53.9 Å². The number of aryl methyl sites for hydroxylation is 1. The van der Waals surface area contributed by atoms with Crippen molar-refractivity contribution >= 4 is 7.85 Å². The second-order valence-corrected chi connectivity index (χ2v) is 8.18. The Morgan fingerprint density at radius 1 is 1.03 bits per heavy atom. The third-order valence-electron chi connectivity index (χ3n) is 5.58. The molecule has 1 aromatic heterocycles. The predicted octanol–water partition coefficient (Wildman–Crippen LogP) is 4.69. The van der Waals surface area contributed by atoms with Gasteiger partial charge in [-0.15, -0.1) is 0 Å². The van der Waals surface area contributed by atoms with Gasteiger partial charge in [0.1, 0.15) is 26.3 Å². The summed E-state index contributed by atoms with van der Waals surface area (Å²) in [5.41, 5.74) is 1.25. The van der Waals surface area contributed by atoms with Crippen LogP contribution in [0.25, 0.3) is 0 Å². The average molecular weight is 454 g/mol. The maximum absolute atomic E-state index is 12.7. The Balaban J connectivity index is 1.73. The molecule has 8 heteroatoms. The molecule has 0 aliphatic rings. The van der Waals surface area contributed by atoms with E-state index in [2.05, 4.69) is 4.98 Å². The van der Waals surface area contributed by atoms with Crippen molar-refractivity contribution in [2.45, 2.75) is 38.1 Å². The number of aromatic nitrogens is 1. The lowest BCUT2D eigenvalue weighted by atomic mass is 9.72. The van der Waals surface area contributed by atoms with E-state index >= 15 is 0 Å². The summed E-state index contributed by atoms with van der Waals surface area (Å²) < 4.78 is 43.7. The molecule has 4 nitrogen and oxygen atoms in total. The van der Waals surface area contributed by atoms with Crippen LogP contribution in [-0.2, 0) is 18.2 Å². The Morgan fingerprint density at radius 2 is 1.73 bits per heavy atom. The lowest BCUT2D eigenvalue weighted by molar-refractivity contribution is -0.137. The maximum atomic E-state index is 12.7. The summed E-state index contributed by atoms with van der Waals surface area (Å²) >= 11 is 0. The number of benzene rings is 2. The third kappa shape index (κ3) is 6.59. The zero-order valence-corrected chi connectivity index (χ0v) is 18.6. The smallest absolute Gasteiger partial charge is 0.416 e. The molecule has 0 saturated heterocycles. The van der Waals surface area contributed by atoms with E-state index in [0.717, 1.165) is 28.8 Å². The van der Waals surface area contributed by atoms with Crippen molar-refractivity contribution in [1.82, 2.24) is 9.88 Å². The second-order valence-electron chi connectivity index (χ2n) is 8.18. The van der Waals surface area contributed by atoms with Crippen LogP contribution in [0, 0.1) is 6.92 Å². The fraction of sp³-hybridized carbons (Fsp3) is 0.320. The molecule has 0 aliphatic carbocycles. The van der Waals surface area contributed by atoms with Gasteiger partial charge in [0, 0.05) is 30.9 Å². The number of pyridine rings is 1. The Labute approximate surface area is 193 Å². The van der Waals surface area contributed by atoms with E-state index in [4.69, 9.17) is 12.6 Å². The molecule has 3 rings (SSSR count). The largest absolute Gasteiger partial charge is 0.491 e. The first-order chi connectivity index (χ1) is 15.6. The van der Waals surface area contributed by atoms with Crippen LogP contribution >= 0.6 is 0 Å². The number of halogens is 3. The molecular formula is C25H26BF3N2O2. The molecule has 2 aromatic carbocycles. The summed E-state index contributed by atoms with van der Waals surface area (Å²) in [5.74, 6) is 0.246. The van der Waals surface area contributed by atoms with Gasteiger partial charge in [0.15, 0.2) is 0 Å². The zero-order valence-electron chi connectivity index (χ0n) is 18.6. The third-order valence-corrected chi connectivity index (χ3v) is 5.58. The highest BCUT2D eigenvalue weighted by molar-refractivity contribution is 6.15. The molecule has 33 heavy (non-hydrogen) atoms. The number of nitrogens with zero attached hydrogens (tertiary/aromatic N) is 2. The normalized spacial score (nSPS) is 14.6. The number of hydrogen-bond donors (Lipinski definition) is 1. The van der Waals surface area contributed by atoms with Crippen LogP contribution in [0.3, 0.4) is 0 Å². The SMILES string of the molecule is [B]C(C)(c1cccnc1)N(Cc1ccccc1C)CC(O)COc1ccc(C(F)(F)F)cc1. The minimum absolute atomic E-state index is 0.0985. The van der Waals surface area contributed by atoms with Gasteiger partial charge in [0.2, 0.25) is 0 Å². The van der Waals surface area contributed by atoms with Crippen LogP contribution in [0.15, 0.2) is 73.1 Å². The minimum Gasteiger partial charge on any atom is -0.491 e. The number of alkyl halides is 3. The molecular weight excluding hydrogens is 428 g/mol. The van der Waals surface area contributed by atoms with Crippen LogP contribution in [0.1, 0.15) is 29.2 Å². The van der Waals surface area contributed by atoms with E-state index in [1.165, 1.54) is 12.1 Å². The molecule has 2 atom stereocenters. The van der Waals surface area contributed by atoms with Crippen LogP contribution < -0.4 is 4.74 Å². The van der Waals surface area contributed by atoms with E-state index in [1.54, 1.807) is 18.5 Å². The molecule has 3 aromatic rings. The molecule has 1 heterocycles. The van der Waals surface area contributed by atoms with Gasteiger partial charge in [0.05, 0.1) is 5.56 Å². The quantitative estimate of drug-likeness (QED) is 0.477. The molecule has 0 aliphatic heterocycles. The summed E-state index contributed by atoms with van der Waals surface area (Å²) in [4.78, 5) is 6.10. The first-order valence-corrected chi connectivity index (χ1v) is 10.5. The highest BCUT2D eigenvalue weighted by atomic mass is 19.4. The van der Waals surface area contributed by atoms with E-state index in [0.29, 0.717) is 6.54 Å². The van der Waals surface area contributed by atoms with Crippen LogP contribution in [0.5, 0.6) is 5.75 Å². The average Bonchev–Trinajstić information content (AvgIpc) is 2.79. The monoisotopic (exact) mass is 454 g/mol.